The van der Waals surface area contributed by atoms with Gasteiger partial charge < -0.3 is 5.32 Å². The molecule has 1 nitrogen and oxygen atoms in total. The molecule has 0 aromatic heterocycles. The van der Waals surface area contributed by atoms with Crippen molar-refractivity contribution in [1.82, 2.24) is 5.32 Å². The van der Waals surface area contributed by atoms with E-state index in [0.717, 1.165) is 12.0 Å². The zero-order valence-electron chi connectivity index (χ0n) is 12.0. The third-order valence-corrected chi connectivity index (χ3v) is 4.27. The van der Waals surface area contributed by atoms with Gasteiger partial charge in [0.25, 0.3) is 0 Å². The van der Waals surface area contributed by atoms with Crippen LogP contribution in [0.25, 0.3) is 0 Å². The minimum atomic E-state index is -0.219. The molecule has 0 saturated carbocycles. The molecule has 1 unspecified atom stereocenters. The Kier molecular flexibility index (Phi) is 4.95. The van der Waals surface area contributed by atoms with Crippen molar-refractivity contribution in [3.63, 3.8) is 0 Å². The second-order valence-electron chi connectivity index (χ2n) is 5.15. The van der Waals surface area contributed by atoms with Gasteiger partial charge in [0.2, 0.25) is 0 Å². The Morgan fingerprint density at radius 2 is 1.90 bits per heavy atom. The van der Waals surface area contributed by atoms with Crippen LogP contribution in [0.5, 0.6) is 0 Å². The fourth-order valence-corrected chi connectivity index (χ4v) is 2.60. The lowest BCUT2D eigenvalue weighted by Gasteiger charge is -2.19. The van der Waals surface area contributed by atoms with Gasteiger partial charge in [-0.15, -0.1) is 0 Å². The molecule has 0 aliphatic heterocycles. The first-order valence-corrected chi connectivity index (χ1v) is 7.49. The van der Waals surface area contributed by atoms with Gasteiger partial charge in [0, 0.05) is 6.04 Å². The van der Waals surface area contributed by atoms with Crippen molar-refractivity contribution in [3.05, 3.63) is 68.9 Å². The van der Waals surface area contributed by atoms with Gasteiger partial charge in [0.05, 0.1) is 4.47 Å². The SMILES string of the molecule is CNC(Cc1cc(C)ccc1C)c1ccc(Br)c(F)c1. The molecule has 0 aliphatic rings. The topological polar surface area (TPSA) is 12.0 Å². The Balaban J connectivity index is 2.28. The van der Waals surface area contributed by atoms with E-state index in [2.05, 4.69) is 53.3 Å². The molecule has 1 N–H and O–H groups in total. The third-order valence-electron chi connectivity index (χ3n) is 3.62. The third kappa shape index (κ3) is 3.47. The van der Waals surface area contributed by atoms with Gasteiger partial charge in [-0.05, 0) is 72.1 Å². The second-order valence-corrected chi connectivity index (χ2v) is 6.00. The Morgan fingerprint density at radius 3 is 2.55 bits per heavy atom. The van der Waals surface area contributed by atoms with Gasteiger partial charge in [-0.25, -0.2) is 4.39 Å². The van der Waals surface area contributed by atoms with Crippen molar-refractivity contribution in [2.24, 2.45) is 0 Å². The lowest BCUT2D eigenvalue weighted by Crippen LogP contribution is -2.19. The van der Waals surface area contributed by atoms with E-state index in [1.807, 2.05) is 13.1 Å². The Labute approximate surface area is 128 Å². The highest BCUT2D eigenvalue weighted by molar-refractivity contribution is 9.10. The maximum Gasteiger partial charge on any atom is 0.137 e. The van der Waals surface area contributed by atoms with E-state index in [1.165, 1.54) is 16.7 Å². The first kappa shape index (κ1) is 15.2. The smallest absolute Gasteiger partial charge is 0.137 e. The van der Waals surface area contributed by atoms with Crippen molar-refractivity contribution in [3.8, 4) is 0 Å². The Bertz CT molecular complexity index is 610. The number of aryl methyl sites for hydroxylation is 2. The van der Waals surface area contributed by atoms with E-state index in [-0.39, 0.29) is 11.9 Å². The molecule has 0 bridgehead atoms. The van der Waals surface area contributed by atoms with Gasteiger partial charge in [-0.1, -0.05) is 29.8 Å². The van der Waals surface area contributed by atoms with Crippen molar-refractivity contribution >= 4 is 15.9 Å². The monoisotopic (exact) mass is 335 g/mol. The number of hydrogen-bond donors (Lipinski definition) is 1. The summed E-state index contributed by atoms with van der Waals surface area (Å²) in [6.07, 6.45) is 0.852. The van der Waals surface area contributed by atoms with Gasteiger partial charge in [-0.2, -0.15) is 0 Å². The van der Waals surface area contributed by atoms with Crippen molar-refractivity contribution in [2.45, 2.75) is 26.3 Å². The number of rotatable bonds is 4. The zero-order valence-corrected chi connectivity index (χ0v) is 13.6. The van der Waals surface area contributed by atoms with E-state index >= 15 is 0 Å². The number of hydrogen-bond acceptors (Lipinski definition) is 1. The first-order chi connectivity index (χ1) is 9.51. The number of benzene rings is 2. The van der Waals surface area contributed by atoms with Crippen LogP contribution in [0, 0.1) is 19.7 Å². The molecule has 0 saturated heterocycles. The molecule has 0 aliphatic carbocycles. The minimum absolute atomic E-state index is 0.109. The van der Waals surface area contributed by atoms with Gasteiger partial charge in [-0.3, -0.25) is 0 Å². The van der Waals surface area contributed by atoms with Crippen LogP contribution in [0.4, 0.5) is 4.39 Å². The normalized spacial score (nSPS) is 12.4. The molecule has 20 heavy (non-hydrogen) atoms. The van der Waals surface area contributed by atoms with E-state index in [0.29, 0.717) is 4.47 Å². The summed E-state index contributed by atoms with van der Waals surface area (Å²) in [6.45, 7) is 4.21. The molecule has 3 heteroatoms. The first-order valence-electron chi connectivity index (χ1n) is 6.69. The molecule has 0 heterocycles. The van der Waals surface area contributed by atoms with Crippen LogP contribution >= 0.6 is 15.9 Å². The summed E-state index contributed by atoms with van der Waals surface area (Å²) in [4.78, 5) is 0. The molecular weight excluding hydrogens is 317 g/mol. The van der Waals surface area contributed by atoms with Crippen LogP contribution in [0.3, 0.4) is 0 Å². The summed E-state index contributed by atoms with van der Waals surface area (Å²) < 4.78 is 14.2. The number of halogens is 2. The molecule has 0 amide bonds. The predicted molar refractivity (Wildman–Crippen MR) is 85.5 cm³/mol. The lowest BCUT2D eigenvalue weighted by atomic mass is 9.95. The van der Waals surface area contributed by atoms with E-state index in [4.69, 9.17) is 0 Å². The van der Waals surface area contributed by atoms with Crippen molar-refractivity contribution in [2.75, 3.05) is 7.05 Å². The van der Waals surface area contributed by atoms with E-state index < -0.39 is 0 Å². The van der Waals surface area contributed by atoms with Crippen LogP contribution in [0.1, 0.15) is 28.3 Å². The molecule has 2 aromatic rings. The maximum atomic E-state index is 13.7. The Hall–Kier alpha value is -1.19. The fourth-order valence-electron chi connectivity index (χ4n) is 2.36. The van der Waals surface area contributed by atoms with E-state index in [9.17, 15) is 4.39 Å². The molecule has 2 aromatic carbocycles. The highest BCUT2D eigenvalue weighted by Gasteiger charge is 2.13. The van der Waals surface area contributed by atoms with Crippen LogP contribution in [0.2, 0.25) is 0 Å². The molecular formula is C17H19BrFN. The Morgan fingerprint density at radius 1 is 1.15 bits per heavy atom. The maximum absolute atomic E-state index is 13.7. The van der Waals surface area contributed by atoms with Crippen LogP contribution in [-0.2, 0) is 6.42 Å². The molecule has 1 atom stereocenters. The van der Waals surface area contributed by atoms with Crippen molar-refractivity contribution in [1.29, 1.82) is 0 Å². The predicted octanol–water partition coefficient (Wildman–Crippen LogP) is 4.71. The van der Waals surface area contributed by atoms with Crippen LogP contribution in [-0.4, -0.2) is 7.05 Å². The average Bonchev–Trinajstić information content (AvgIpc) is 2.43. The molecule has 0 fully saturated rings. The summed E-state index contributed by atoms with van der Waals surface area (Å²) in [5, 5.41) is 3.28. The number of nitrogens with one attached hydrogen (secondary N) is 1. The summed E-state index contributed by atoms with van der Waals surface area (Å²) in [5.74, 6) is -0.219. The molecule has 0 radical (unpaired) electrons. The molecule has 0 spiro atoms. The summed E-state index contributed by atoms with van der Waals surface area (Å²) in [6, 6.07) is 11.9. The van der Waals surface area contributed by atoms with Crippen LogP contribution < -0.4 is 5.32 Å². The summed E-state index contributed by atoms with van der Waals surface area (Å²) >= 11 is 3.19. The average molecular weight is 336 g/mol. The quantitative estimate of drug-likeness (QED) is 0.853. The largest absolute Gasteiger partial charge is 0.313 e. The van der Waals surface area contributed by atoms with Crippen LogP contribution in [0.15, 0.2) is 40.9 Å². The fraction of sp³-hybridized carbons (Fsp3) is 0.294. The standard InChI is InChI=1S/C17H19BrFN/c1-11-4-5-12(2)14(8-11)10-17(20-3)13-6-7-15(18)16(19)9-13/h4-9,17,20H,10H2,1-3H3. The molecule has 106 valence electrons. The second kappa shape index (κ2) is 6.51. The molecule has 2 rings (SSSR count). The summed E-state index contributed by atoms with van der Waals surface area (Å²) in [7, 11) is 1.91. The lowest BCUT2D eigenvalue weighted by molar-refractivity contribution is 0.574. The number of likely N-dealkylation sites (N-methyl/N-ethyl adjacent to an activating group) is 1. The minimum Gasteiger partial charge on any atom is -0.313 e. The summed E-state index contributed by atoms with van der Waals surface area (Å²) in [5.41, 5.74) is 4.79. The van der Waals surface area contributed by atoms with E-state index in [1.54, 1.807) is 12.1 Å². The van der Waals surface area contributed by atoms with Gasteiger partial charge >= 0.3 is 0 Å². The highest BCUT2D eigenvalue weighted by atomic mass is 79.9. The highest BCUT2D eigenvalue weighted by Crippen LogP contribution is 2.24. The van der Waals surface area contributed by atoms with Gasteiger partial charge in [0.15, 0.2) is 0 Å². The zero-order chi connectivity index (χ0) is 14.7. The van der Waals surface area contributed by atoms with Crippen molar-refractivity contribution < 1.29 is 4.39 Å². The van der Waals surface area contributed by atoms with Gasteiger partial charge in [0.1, 0.15) is 5.82 Å².